The van der Waals surface area contributed by atoms with Gasteiger partial charge in [0.1, 0.15) is 17.7 Å². The number of aryl methyl sites for hydroxylation is 1. The number of rotatable bonds is 5. The highest BCUT2D eigenvalue weighted by atomic mass is 16.5. The van der Waals surface area contributed by atoms with E-state index in [0.29, 0.717) is 36.8 Å². The lowest BCUT2D eigenvalue weighted by Crippen LogP contribution is -2.44. The maximum absolute atomic E-state index is 12.4. The highest BCUT2D eigenvalue weighted by Crippen LogP contribution is 2.19. The fraction of sp³-hybridized carbons (Fsp3) is 0.412. The maximum Gasteiger partial charge on any atom is 0.260 e. The zero-order valence-electron chi connectivity index (χ0n) is 13.9. The first-order valence-electron chi connectivity index (χ1n) is 8.13. The molecule has 1 atom stereocenters. The summed E-state index contributed by atoms with van der Waals surface area (Å²) in [5, 5.41) is 15.9. The minimum Gasteiger partial charge on any atom is -0.484 e. The number of aromatic nitrogens is 3. The number of amides is 1. The van der Waals surface area contributed by atoms with Gasteiger partial charge in [-0.25, -0.2) is 4.98 Å². The van der Waals surface area contributed by atoms with E-state index in [1.807, 2.05) is 13.0 Å². The monoisotopic (exact) mass is 341 g/mol. The largest absolute Gasteiger partial charge is 0.484 e. The Morgan fingerprint density at radius 1 is 1.56 bits per heavy atom. The molecule has 3 rings (SSSR count). The number of benzene rings is 1. The molecule has 1 amide bonds. The van der Waals surface area contributed by atoms with Gasteiger partial charge < -0.3 is 14.4 Å². The Kier molecular flexibility index (Phi) is 5.26. The molecule has 0 bridgehead atoms. The fourth-order valence-electron chi connectivity index (χ4n) is 2.54. The van der Waals surface area contributed by atoms with Gasteiger partial charge >= 0.3 is 0 Å². The quantitative estimate of drug-likeness (QED) is 0.877. The predicted octanol–water partition coefficient (Wildman–Crippen LogP) is 1.22. The lowest BCUT2D eigenvalue weighted by Gasteiger charge is -2.31. The van der Waals surface area contributed by atoms with E-state index in [4.69, 9.17) is 14.7 Å². The van der Waals surface area contributed by atoms with Gasteiger partial charge in [-0.2, -0.15) is 10.4 Å². The Morgan fingerprint density at radius 2 is 2.44 bits per heavy atom. The molecule has 1 saturated heterocycles. The van der Waals surface area contributed by atoms with Crippen molar-refractivity contribution in [1.82, 2.24) is 20.1 Å². The Morgan fingerprint density at radius 3 is 3.20 bits per heavy atom. The van der Waals surface area contributed by atoms with E-state index in [0.717, 1.165) is 12.2 Å². The van der Waals surface area contributed by atoms with Gasteiger partial charge in [0.25, 0.3) is 5.91 Å². The minimum atomic E-state index is -0.337. The van der Waals surface area contributed by atoms with Crippen LogP contribution in [-0.2, 0) is 16.0 Å². The number of hydrogen-bond acceptors (Lipinski definition) is 6. The smallest absolute Gasteiger partial charge is 0.260 e. The zero-order valence-corrected chi connectivity index (χ0v) is 13.9. The molecule has 0 aliphatic carbocycles. The van der Waals surface area contributed by atoms with Crippen molar-refractivity contribution in [2.45, 2.75) is 19.4 Å². The van der Waals surface area contributed by atoms with Gasteiger partial charge in [0, 0.05) is 13.0 Å². The summed E-state index contributed by atoms with van der Waals surface area (Å²) in [5.41, 5.74) is 0.493. The van der Waals surface area contributed by atoms with Crippen molar-refractivity contribution < 1.29 is 14.3 Å². The van der Waals surface area contributed by atoms with Crippen LogP contribution in [0, 0.1) is 11.3 Å². The first-order chi connectivity index (χ1) is 12.2. The van der Waals surface area contributed by atoms with Crippen LogP contribution < -0.4 is 4.74 Å². The SMILES string of the molecule is CCc1nc([C@@H]2CN(C(=O)COc3cccc(C#N)c3)CCO2)n[nH]1. The second-order valence-corrected chi connectivity index (χ2v) is 5.62. The third-order valence-electron chi connectivity index (χ3n) is 3.92. The first-order valence-corrected chi connectivity index (χ1v) is 8.13. The molecule has 0 saturated carbocycles. The summed E-state index contributed by atoms with van der Waals surface area (Å²) in [5.74, 6) is 1.72. The molecule has 2 heterocycles. The van der Waals surface area contributed by atoms with E-state index in [1.165, 1.54) is 0 Å². The molecule has 1 N–H and O–H groups in total. The van der Waals surface area contributed by atoms with E-state index in [1.54, 1.807) is 29.2 Å². The summed E-state index contributed by atoms with van der Waals surface area (Å²) in [6, 6.07) is 8.77. The molecular weight excluding hydrogens is 322 g/mol. The second kappa shape index (κ2) is 7.77. The number of nitrogens with one attached hydrogen (secondary N) is 1. The van der Waals surface area contributed by atoms with Crippen molar-refractivity contribution in [2.24, 2.45) is 0 Å². The fourth-order valence-corrected chi connectivity index (χ4v) is 2.54. The van der Waals surface area contributed by atoms with E-state index in [-0.39, 0.29) is 18.6 Å². The Bertz CT molecular complexity index is 783. The van der Waals surface area contributed by atoms with Crippen LogP contribution in [0.5, 0.6) is 5.75 Å². The molecule has 8 nitrogen and oxygen atoms in total. The average Bonchev–Trinajstić information content (AvgIpc) is 3.15. The van der Waals surface area contributed by atoms with Gasteiger partial charge in [-0.3, -0.25) is 9.89 Å². The van der Waals surface area contributed by atoms with Crippen molar-refractivity contribution in [3.8, 4) is 11.8 Å². The van der Waals surface area contributed by atoms with Crippen LogP contribution in [-0.4, -0.2) is 52.3 Å². The molecule has 2 aromatic rings. The van der Waals surface area contributed by atoms with Crippen molar-refractivity contribution in [3.63, 3.8) is 0 Å². The third kappa shape index (κ3) is 4.14. The Balaban J connectivity index is 1.57. The summed E-state index contributed by atoms with van der Waals surface area (Å²) in [6.07, 6.45) is 0.425. The zero-order chi connectivity index (χ0) is 17.6. The number of nitriles is 1. The molecule has 0 unspecified atom stereocenters. The highest BCUT2D eigenvalue weighted by molar-refractivity contribution is 5.78. The number of aromatic amines is 1. The molecule has 1 fully saturated rings. The maximum atomic E-state index is 12.4. The van der Waals surface area contributed by atoms with Gasteiger partial charge in [-0.05, 0) is 18.2 Å². The number of nitrogens with zero attached hydrogens (tertiary/aromatic N) is 4. The van der Waals surface area contributed by atoms with Crippen LogP contribution in [0.25, 0.3) is 0 Å². The summed E-state index contributed by atoms with van der Waals surface area (Å²) < 4.78 is 11.2. The predicted molar refractivity (Wildman–Crippen MR) is 87.7 cm³/mol. The molecule has 8 heteroatoms. The number of hydrogen-bond donors (Lipinski definition) is 1. The molecule has 1 aromatic heterocycles. The summed E-state index contributed by atoms with van der Waals surface area (Å²) in [6.45, 7) is 3.22. The number of morpholine rings is 1. The van der Waals surface area contributed by atoms with Crippen LogP contribution in [0.3, 0.4) is 0 Å². The van der Waals surface area contributed by atoms with Gasteiger partial charge in [0.15, 0.2) is 12.4 Å². The van der Waals surface area contributed by atoms with E-state index in [9.17, 15) is 4.79 Å². The molecular formula is C17H19N5O3. The lowest BCUT2D eigenvalue weighted by molar-refractivity contribution is -0.141. The number of carbonyl (C=O) groups excluding carboxylic acids is 1. The molecule has 25 heavy (non-hydrogen) atoms. The minimum absolute atomic E-state index is 0.0875. The van der Waals surface area contributed by atoms with Gasteiger partial charge in [-0.15, -0.1) is 0 Å². The molecule has 0 spiro atoms. The van der Waals surface area contributed by atoms with Gasteiger partial charge in [0.05, 0.1) is 24.8 Å². The van der Waals surface area contributed by atoms with Crippen molar-refractivity contribution in [3.05, 3.63) is 41.5 Å². The lowest BCUT2D eigenvalue weighted by atomic mass is 10.2. The van der Waals surface area contributed by atoms with Crippen LogP contribution in [0.15, 0.2) is 24.3 Å². The first kappa shape index (κ1) is 16.9. The normalized spacial score (nSPS) is 17.1. The van der Waals surface area contributed by atoms with E-state index in [2.05, 4.69) is 15.2 Å². The topological polar surface area (TPSA) is 104 Å². The summed E-state index contributed by atoms with van der Waals surface area (Å²) in [4.78, 5) is 18.4. The third-order valence-corrected chi connectivity index (χ3v) is 3.92. The van der Waals surface area contributed by atoms with Crippen LogP contribution in [0.4, 0.5) is 0 Å². The van der Waals surface area contributed by atoms with Gasteiger partial charge in [0.2, 0.25) is 0 Å². The Labute approximate surface area is 145 Å². The average molecular weight is 341 g/mol. The summed E-state index contributed by atoms with van der Waals surface area (Å²) >= 11 is 0. The molecule has 0 radical (unpaired) electrons. The number of H-pyrrole nitrogens is 1. The van der Waals surface area contributed by atoms with E-state index >= 15 is 0 Å². The highest BCUT2D eigenvalue weighted by Gasteiger charge is 2.28. The molecule has 130 valence electrons. The summed E-state index contributed by atoms with van der Waals surface area (Å²) in [7, 11) is 0. The second-order valence-electron chi connectivity index (χ2n) is 5.62. The van der Waals surface area contributed by atoms with Crippen LogP contribution in [0.2, 0.25) is 0 Å². The number of carbonyl (C=O) groups is 1. The molecule has 1 aliphatic rings. The van der Waals surface area contributed by atoms with Crippen molar-refractivity contribution in [1.29, 1.82) is 5.26 Å². The van der Waals surface area contributed by atoms with Gasteiger partial charge in [-0.1, -0.05) is 13.0 Å². The van der Waals surface area contributed by atoms with Crippen molar-refractivity contribution in [2.75, 3.05) is 26.3 Å². The van der Waals surface area contributed by atoms with Crippen LogP contribution in [0.1, 0.15) is 30.2 Å². The number of ether oxygens (including phenoxy) is 2. The molecule has 1 aromatic carbocycles. The Hall–Kier alpha value is -2.92. The molecule has 1 aliphatic heterocycles. The van der Waals surface area contributed by atoms with E-state index < -0.39 is 0 Å². The standard InChI is InChI=1S/C17H19N5O3/c1-2-15-19-17(21-20-15)14-10-22(6-7-24-14)16(23)11-25-13-5-3-4-12(8-13)9-18/h3-5,8,14H,2,6-7,10-11H2,1H3,(H,19,20,21)/t14-/m0/s1. The van der Waals surface area contributed by atoms with Crippen molar-refractivity contribution >= 4 is 5.91 Å². The van der Waals surface area contributed by atoms with Crippen LogP contribution >= 0.6 is 0 Å².